The van der Waals surface area contributed by atoms with Gasteiger partial charge in [-0.1, -0.05) is 24.8 Å². The minimum atomic E-state index is 0.564. The first-order chi connectivity index (χ1) is 8.78. The van der Waals surface area contributed by atoms with E-state index in [1.54, 1.807) is 6.08 Å². The fourth-order valence-electron chi connectivity index (χ4n) is 2.26. The molecule has 0 amide bonds. The summed E-state index contributed by atoms with van der Waals surface area (Å²) in [5, 5.41) is 3.46. The van der Waals surface area contributed by atoms with Gasteiger partial charge in [0.2, 0.25) is 0 Å². The van der Waals surface area contributed by atoms with Gasteiger partial charge in [0.1, 0.15) is 12.4 Å². The van der Waals surface area contributed by atoms with Crippen LogP contribution >= 0.6 is 0 Å². The van der Waals surface area contributed by atoms with Crippen molar-refractivity contribution in [3.05, 3.63) is 42.5 Å². The summed E-state index contributed by atoms with van der Waals surface area (Å²) in [6.07, 6.45) is 1.76. The highest BCUT2D eigenvalue weighted by Gasteiger charge is 2.15. The average molecular weight is 246 g/mol. The zero-order valence-corrected chi connectivity index (χ0v) is 11.1. The van der Waals surface area contributed by atoms with Gasteiger partial charge in [-0.15, -0.1) is 0 Å². The molecule has 1 aliphatic heterocycles. The SMILES string of the molecule is C=CCOc1ccc(CN2CCNC(C)C2)cc1. The van der Waals surface area contributed by atoms with Crippen LogP contribution < -0.4 is 10.1 Å². The minimum Gasteiger partial charge on any atom is -0.490 e. The van der Waals surface area contributed by atoms with Crippen molar-refractivity contribution < 1.29 is 4.74 Å². The molecule has 1 atom stereocenters. The van der Waals surface area contributed by atoms with E-state index < -0.39 is 0 Å². The topological polar surface area (TPSA) is 24.5 Å². The standard InChI is InChI=1S/C15H22N2O/c1-3-10-18-15-6-4-14(5-7-15)12-17-9-8-16-13(2)11-17/h3-7,13,16H,1,8-12H2,2H3. The van der Waals surface area contributed by atoms with Gasteiger partial charge in [0, 0.05) is 32.2 Å². The number of hydrogen-bond donors (Lipinski definition) is 1. The van der Waals surface area contributed by atoms with Crippen molar-refractivity contribution in [1.29, 1.82) is 0 Å². The molecule has 0 aliphatic carbocycles. The predicted octanol–water partition coefficient (Wildman–Crippen LogP) is 2.05. The largest absolute Gasteiger partial charge is 0.490 e. The normalized spacial score (nSPS) is 20.6. The lowest BCUT2D eigenvalue weighted by atomic mass is 10.1. The van der Waals surface area contributed by atoms with E-state index >= 15 is 0 Å². The van der Waals surface area contributed by atoms with Crippen LogP contribution in [0.5, 0.6) is 5.75 Å². The Morgan fingerprint density at radius 3 is 2.89 bits per heavy atom. The second-order valence-electron chi connectivity index (χ2n) is 4.83. The Balaban J connectivity index is 1.87. The number of rotatable bonds is 5. The fourth-order valence-corrected chi connectivity index (χ4v) is 2.26. The van der Waals surface area contributed by atoms with Gasteiger partial charge in [0.05, 0.1) is 0 Å². The molecule has 0 spiro atoms. The molecule has 3 nitrogen and oxygen atoms in total. The second-order valence-corrected chi connectivity index (χ2v) is 4.83. The molecule has 3 heteroatoms. The zero-order chi connectivity index (χ0) is 12.8. The van der Waals surface area contributed by atoms with Crippen molar-refractivity contribution in [2.24, 2.45) is 0 Å². The Hall–Kier alpha value is -1.32. The number of hydrogen-bond acceptors (Lipinski definition) is 3. The summed E-state index contributed by atoms with van der Waals surface area (Å²) in [6, 6.07) is 8.94. The van der Waals surface area contributed by atoms with Crippen LogP contribution in [0, 0.1) is 0 Å². The molecule has 18 heavy (non-hydrogen) atoms. The van der Waals surface area contributed by atoms with Gasteiger partial charge in [-0.2, -0.15) is 0 Å². The minimum absolute atomic E-state index is 0.564. The molecular weight excluding hydrogens is 224 g/mol. The third-order valence-electron chi connectivity index (χ3n) is 3.15. The lowest BCUT2D eigenvalue weighted by molar-refractivity contribution is 0.199. The fraction of sp³-hybridized carbons (Fsp3) is 0.467. The van der Waals surface area contributed by atoms with Crippen LogP contribution in [-0.2, 0) is 6.54 Å². The summed E-state index contributed by atoms with van der Waals surface area (Å²) < 4.78 is 5.48. The van der Waals surface area contributed by atoms with E-state index in [0.29, 0.717) is 12.6 Å². The van der Waals surface area contributed by atoms with E-state index in [1.807, 2.05) is 12.1 Å². The summed E-state index contributed by atoms with van der Waals surface area (Å²) in [5.41, 5.74) is 1.34. The number of piperazine rings is 1. The predicted molar refractivity (Wildman–Crippen MR) is 74.9 cm³/mol. The quantitative estimate of drug-likeness (QED) is 0.805. The highest BCUT2D eigenvalue weighted by atomic mass is 16.5. The molecule has 1 fully saturated rings. The van der Waals surface area contributed by atoms with E-state index in [2.05, 4.69) is 35.9 Å². The van der Waals surface area contributed by atoms with E-state index in [-0.39, 0.29) is 0 Å². The van der Waals surface area contributed by atoms with E-state index in [4.69, 9.17) is 4.74 Å². The molecule has 1 saturated heterocycles. The van der Waals surface area contributed by atoms with Gasteiger partial charge in [0.25, 0.3) is 0 Å². The van der Waals surface area contributed by atoms with Crippen molar-refractivity contribution >= 4 is 0 Å². The molecular formula is C15H22N2O. The maximum Gasteiger partial charge on any atom is 0.119 e. The van der Waals surface area contributed by atoms with Gasteiger partial charge < -0.3 is 10.1 Å². The Morgan fingerprint density at radius 2 is 2.22 bits per heavy atom. The molecule has 1 aromatic carbocycles. The third kappa shape index (κ3) is 3.86. The lowest BCUT2D eigenvalue weighted by Gasteiger charge is -2.31. The highest BCUT2D eigenvalue weighted by molar-refractivity contribution is 5.27. The van der Waals surface area contributed by atoms with Crippen molar-refractivity contribution in [2.45, 2.75) is 19.5 Å². The van der Waals surface area contributed by atoms with E-state index in [0.717, 1.165) is 31.9 Å². The molecule has 1 N–H and O–H groups in total. The van der Waals surface area contributed by atoms with Crippen LogP contribution in [-0.4, -0.2) is 37.2 Å². The van der Waals surface area contributed by atoms with Crippen LogP contribution in [0.15, 0.2) is 36.9 Å². The van der Waals surface area contributed by atoms with Crippen LogP contribution in [0.1, 0.15) is 12.5 Å². The van der Waals surface area contributed by atoms with E-state index in [9.17, 15) is 0 Å². The molecule has 1 aromatic rings. The number of nitrogens with one attached hydrogen (secondary N) is 1. The smallest absolute Gasteiger partial charge is 0.119 e. The molecule has 1 unspecified atom stereocenters. The van der Waals surface area contributed by atoms with Crippen molar-refractivity contribution in [2.75, 3.05) is 26.2 Å². The second kappa shape index (κ2) is 6.57. The average Bonchev–Trinajstić information content (AvgIpc) is 2.38. The monoisotopic (exact) mass is 246 g/mol. The Morgan fingerprint density at radius 1 is 1.44 bits per heavy atom. The first-order valence-electron chi connectivity index (χ1n) is 6.56. The number of benzene rings is 1. The maximum atomic E-state index is 5.48. The molecule has 0 aromatic heterocycles. The Bertz CT molecular complexity index is 375. The summed E-state index contributed by atoms with van der Waals surface area (Å²) in [5.74, 6) is 0.910. The maximum absolute atomic E-state index is 5.48. The molecule has 0 radical (unpaired) electrons. The number of nitrogens with zero attached hydrogens (tertiary/aromatic N) is 1. The van der Waals surface area contributed by atoms with Gasteiger partial charge in [0.15, 0.2) is 0 Å². The van der Waals surface area contributed by atoms with Gasteiger partial charge in [-0.05, 0) is 24.6 Å². The highest BCUT2D eigenvalue weighted by Crippen LogP contribution is 2.14. The summed E-state index contributed by atoms with van der Waals surface area (Å²) >= 11 is 0. The first-order valence-corrected chi connectivity index (χ1v) is 6.56. The molecule has 2 rings (SSSR count). The number of ether oxygens (including phenoxy) is 1. The van der Waals surface area contributed by atoms with Gasteiger partial charge >= 0.3 is 0 Å². The summed E-state index contributed by atoms with van der Waals surface area (Å²) in [6.45, 7) is 10.8. The Kier molecular flexibility index (Phi) is 4.79. The lowest BCUT2D eigenvalue weighted by Crippen LogP contribution is -2.48. The first kappa shape index (κ1) is 13.1. The van der Waals surface area contributed by atoms with Crippen molar-refractivity contribution in [1.82, 2.24) is 10.2 Å². The summed E-state index contributed by atoms with van der Waals surface area (Å²) in [4.78, 5) is 2.49. The van der Waals surface area contributed by atoms with Crippen LogP contribution in [0.2, 0.25) is 0 Å². The van der Waals surface area contributed by atoms with E-state index in [1.165, 1.54) is 5.56 Å². The summed E-state index contributed by atoms with van der Waals surface area (Å²) in [7, 11) is 0. The molecule has 98 valence electrons. The van der Waals surface area contributed by atoms with Crippen molar-refractivity contribution in [3.8, 4) is 5.75 Å². The molecule has 1 aliphatic rings. The molecule has 0 bridgehead atoms. The molecule has 1 heterocycles. The third-order valence-corrected chi connectivity index (χ3v) is 3.15. The molecule has 0 saturated carbocycles. The van der Waals surface area contributed by atoms with Crippen LogP contribution in [0.3, 0.4) is 0 Å². The zero-order valence-electron chi connectivity index (χ0n) is 11.1. The van der Waals surface area contributed by atoms with Crippen LogP contribution in [0.25, 0.3) is 0 Å². The van der Waals surface area contributed by atoms with Gasteiger partial charge in [-0.3, -0.25) is 4.90 Å². The van der Waals surface area contributed by atoms with Crippen molar-refractivity contribution in [3.63, 3.8) is 0 Å². The van der Waals surface area contributed by atoms with Crippen LogP contribution in [0.4, 0.5) is 0 Å². The van der Waals surface area contributed by atoms with Gasteiger partial charge in [-0.25, -0.2) is 0 Å². The Labute approximate surface area is 109 Å².